The third-order valence-corrected chi connectivity index (χ3v) is 6.12. The lowest BCUT2D eigenvalue weighted by Crippen LogP contribution is -2.51. The van der Waals surface area contributed by atoms with Crippen LogP contribution in [0, 0.1) is 0 Å². The molecule has 0 bridgehead atoms. The van der Waals surface area contributed by atoms with Crippen molar-refractivity contribution in [2.24, 2.45) is 5.16 Å². The number of carbonyl (C=O) groups excluding carboxylic acids is 2. The first-order valence-corrected chi connectivity index (χ1v) is 10.5. The van der Waals surface area contributed by atoms with Crippen molar-refractivity contribution >= 4 is 34.6 Å². The summed E-state index contributed by atoms with van der Waals surface area (Å²) < 4.78 is 5.12. The quantitative estimate of drug-likeness (QED) is 0.817. The lowest BCUT2D eigenvalue weighted by atomic mass is 9.88. The van der Waals surface area contributed by atoms with Gasteiger partial charge in [-0.2, -0.15) is 0 Å². The number of piperidine rings is 1. The molecule has 2 aromatic rings. The number of carbonyl (C=O) groups is 2. The minimum absolute atomic E-state index is 0.0891. The molecular formula is C21H23N3O4S. The number of hydrogen-bond donors (Lipinski definition) is 1. The second-order valence-electron chi connectivity index (χ2n) is 7.35. The number of amides is 2. The smallest absolute Gasteiger partial charge is 0.273 e. The van der Waals surface area contributed by atoms with Crippen LogP contribution in [0.15, 0.2) is 46.9 Å². The molecule has 1 spiro atoms. The number of methoxy groups -OCH3 is 1. The number of rotatable bonds is 5. The van der Waals surface area contributed by atoms with E-state index in [0.29, 0.717) is 37.3 Å². The van der Waals surface area contributed by atoms with Crippen molar-refractivity contribution in [3.05, 3.63) is 46.7 Å². The van der Waals surface area contributed by atoms with Gasteiger partial charge in [0.2, 0.25) is 5.91 Å². The molecule has 152 valence electrons. The summed E-state index contributed by atoms with van der Waals surface area (Å²) in [7, 11) is 1.59. The fourth-order valence-electron chi connectivity index (χ4n) is 3.72. The van der Waals surface area contributed by atoms with E-state index in [9.17, 15) is 9.59 Å². The van der Waals surface area contributed by atoms with Gasteiger partial charge in [-0.05, 0) is 48.6 Å². The van der Waals surface area contributed by atoms with Gasteiger partial charge in [-0.3, -0.25) is 9.59 Å². The molecule has 29 heavy (non-hydrogen) atoms. The van der Waals surface area contributed by atoms with E-state index in [1.54, 1.807) is 42.7 Å². The Morgan fingerprint density at radius 1 is 1.31 bits per heavy atom. The SMILES string of the molecule is COc1ccc(NC(=O)C2=NO[C@@]3(CCCN(C(=O)Cc4cccs4)C3)C2)cc1. The average Bonchev–Trinajstić information content (AvgIpc) is 3.39. The van der Waals surface area contributed by atoms with Crippen molar-refractivity contribution in [3.63, 3.8) is 0 Å². The van der Waals surface area contributed by atoms with Gasteiger partial charge in [-0.15, -0.1) is 11.3 Å². The van der Waals surface area contributed by atoms with Gasteiger partial charge in [0.05, 0.1) is 20.1 Å². The van der Waals surface area contributed by atoms with Crippen molar-refractivity contribution in [1.82, 2.24) is 4.90 Å². The predicted molar refractivity (Wildman–Crippen MR) is 111 cm³/mol. The molecule has 1 aromatic carbocycles. The zero-order valence-electron chi connectivity index (χ0n) is 16.2. The number of benzene rings is 1. The topological polar surface area (TPSA) is 80.2 Å². The zero-order valence-corrected chi connectivity index (χ0v) is 17.0. The molecule has 2 aliphatic heterocycles. The number of likely N-dealkylation sites (tertiary alicyclic amines) is 1. The van der Waals surface area contributed by atoms with E-state index in [0.717, 1.165) is 23.5 Å². The van der Waals surface area contributed by atoms with Crippen molar-refractivity contribution < 1.29 is 19.2 Å². The summed E-state index contributed by atoms with van der Waals surface area (Å²) in [5.74, 6) is 0.526. The molecular weight excluding hydrogens is 390 g/mol. The molecule has 1 saturated heterocycles. The van der Waals surface area contributed by atoms with Crippen LogP contribution >= 0.6 is 11.3 Å². The van der Waals surface area contributed by atoms with E-state index in [-0.39, 0.29) is 11.8 Å². The zero-order chi connectivity index (χ0) is 20.3. The minimum Gasteiger partial charge on any atom is -0.497 e. The maximum atomic E-state index is 12.7. The lowest BCUT2D eigenvalue weighted by molar-refractivity contribution is -0.139. The van der Waals surface area contributed by atoms with Crippen molar-refractivity contribution in [2.75, 3.05) is 25.5 Å². The van der Waals surface area contributed by atoms with Gasteiger partial charge >= 0.3 is 0 Å². The van der Waals surface area contributed by atoms with Crippen LogP contribution in [0.5, 0.6) is 5.75 Å². The predicted octanol–water partition coefficient (Wildman–Crippen LogP) is 3.08. The second kappa shape index (κ2) is 8.24. The Kier molecular flexibility index (Phi) is 5.53. The first-order chi connectivity index (χ1) is 14.1. The van der Waals surface area contributed by atoms with Gasteiger partial charge in [0.15, 0.2) is 5.60 Å². The largest absolute Gasteiger partial charge is 0.497 e. The molecule has 0 saturated carbocycles. The van der Waals surface area contributed by atoms with Crippen LogP contribution in [0.1, 0.15) is 24.1 Å². The van der Waals surface area contributed by atoms with Gasteiger partial charge in [0.25, 0.3) is 5.91 Å². The Labute approximate surface area is 173 Å². The Morgan fingerprint density at radius 3 is 2.86 bits per heavy atom. The fraction of sp³-hybridized carbons (Fsp3) is 0.381. The van der Waals surface area contributed by atoms with Gasteiger partial charge in [-0.25, -0.2) is 0 Å². The lowest BCUT2D eigenvalue weighted by Gasteiger charge is -2.38. The van der Waals surface area contributed by atoms with Gasteiger partial charge in [-0.1, -0.05) is 11.2 Å². The maximum Gasteiger partial charge on any atom is 0.273 e. The standard InChI is InChI=1S/C21H23N3O4S/c1-27-16-7-5-15(6-8-16)22-20(26)18-13-21(28-23-18)9-3-10-24(14-21)19(25)12-17-4-2-11-29-17/h2,4-8,11H,3,9-10,12-14H2,1H3,(H,22,26)/t21-/m0/s1. The van der Waals surface area contributed by atoms with Crippen LogP contribution in [-0.4, -0.2) is 48.2 Å². The number of hydrogen-bond acceptors (Lipinski definition) is 6. The third-order valence-electron chi connectivity index (χ3n) is 5.25. The molecule has 1 fully saturated rings. The second-order valence-corrected chi connectivity index (χ2v) is 8.38. The van der Waals surface area contributed by atoms with E-state index >= 15 is 0 Å². The molecule has 3 heterocycles. The monoisotopic (exact) mass is 413 g/mol. The third kappa shape index (κ3) is 4.42. The highest BCUT2D eigenvalue weighted by Crippen LogP contribution is 2.34. The molecule has 1 aromatic heterocycles. The van der Waals surface area contributed by atoms with Crippen LogP contribution in [0.25, 0.3) is 0 Å². The van der Waals surface area contributed by atoms with E-state index in [1.165, 1.54) is 0 Å². The highest BCUT2D eigenvalue weighted by Gasteiger charge is 2.45. The highest BCUT2D eigenvalue weighted by molar-refractivity contribution is 7.10. The first kappa shape index (κ1) is 19.4. The molecule has 0 aliphatic carbocycles. The minimum atomic E-state index is -0.601. The number of anilines is 1. The van der Waals surface area contributed by atoms with Crippen LogP contribution < -0.4 is 10.1 Å². The molecule has 0 unspecified atom stereocenters. The van der Waals surface area contributed by atoms with Crippen LogP contribution in [0.3, 0.4) is 0 Å². The Bertz CT molecular complexity index is 911. The summed E-state index contributed by atoms with van der Waals surface area (Å²) in [5, 5.41) is 8.87. The normalized spacial score (nSPS) is 20.9. The number of thiophene rings is 1. The summed E-state index contributed by atoms with van der Waals surface area (Å²) in [6, 6.07) is 11.0. The van der Waals surface area contributed by atoms with Crippen LogP contribution in [0.2, 0.25) is 0 Å². The molecule has 1 N–H and O–H groups in total. The van der Waals surface area contributed by atoms with Crippen molar-refractivity contribution in [3.8, 4) is 5.75 Å². The van der Waals surface area contributed by atoms with E-state index in [2.05, 4.69) is 10.5 Å². The van der Waals surface area contributed by atoms with E-state index in [4.69, 9.17) is 9.57 Å². The number of nitrogens with one attached hydrogen (secondary N) is 1. The summed E-state index contributed by atoms with van der Waals surface area (Å²) in [4.78, 5) is 33.9. The summed E-state index contributed by atoms with van der Waals surface area (Å²) >= 11 is 1.58. The van der Waals surface area contributed by atoms with Crippen LogP contribution in [-0.2, 0) is 20.8 Å². The van der Waals surface area contributed by atoms with Gasteiger partial charge < -0.3 is 19.8 Å². The van der Waals surface area contributed by atoms with Crippen molar-refractivity contribution in [2.45, 2.75) is 31.3 Å². The van der Waals surface area contributed by atoms with Gasteiger partial charge in [0, 0.05) is 23.5 Å². The Balaban J connectivity index is 1.35. The highest BCUT2D eigenvalue weighted by atomic mass is 32.1. The summed E-state index contributed by atoms with van der Waals surface area (Å²) in [6.07, 6.45) is 2.41. The molecule has 2 aliphatic rings. The Hall–Kier alpha value is -2.87. The Morgan fingerprint density at radius 2 is 2.14 bits per heavy atom. The molecule has 7 nitrogen and oxygen atoms in total. The fourth-order valence-corrected chi connectivity index (χ4v) is 4.42. The number of nitrogens with zero attached hydrogens (tertiary/aromatic N) is 2. The maximum absolute atomic E-state index is 12.7. The van der Waals surface area contributed by atoms with Crippen molar-refractivity contribution in [1.29, 1.82) is 0 Å². The van der Waals surface area contributed by atoms with E-state index in [1.807, 2.05) is 22.4 Å². The average molecular weight is 413 g/mol. The summed E-state index contributed by atoms with van der Waals surface area (Å²) in [5.41, 5.74) is 0.417. The molecule has 2 amide bonds. The van der Waals surface area contributed by atoms with E-state index < -0.39 is 5.60 Å². The first-order valence-electron chi connectivity index (χ1n) is 9.57. The molecule has 8 heteroatoms. The number of ether oxygens (including phenoxy) is 1. The molecule has 0 radical (unpaired) electrons. The number of oxime groups is 1. The molecule has 1 atom stereocenters. The molecule has 4 rings (SSSR count). The van der Waals surface area contributed by atoms with Crippen LogP contribution in [0.4, 0.5) is 5.69 Å². The summed E-state index contributed by atoms with van der Waals surface area (Å²) in [6.45, 7) is 1.17. The van der Waals surface area contributed by atoms with Gasteiger partial charge in [0.1, 0.15) is 11.5 Å².